The SMILES string of the molecule is Cc1ccc(C(C)(F)CC(=O)O)cc1. The van der Waals surface area contributed by atoms with E-state index in [2.05, 4.69) is 0 Å². The maximum absolute atomic E-state index is 13.8. The molecule has 0 bridgehead atoms. The number of benzene rings is 1. The van der Waals surface area contributed by atoms with Gasteiger partial charge in [-0.2, -0.15) is 0 Å². The van der Waals surface area contributed by atoms with Crippen LogP contribution in [0.3, 0.4) is 0 Å². The molecule has 14 heavy (non-hydrogen) atoms. The molecule has 0 radical (unpaired) electrons. The third-order valence-corrected chi connectivity index (χ3v) is 2.14. The van der Waals surface area contributed by atoms with Gasteiger partial charge in [-0.05, 0) is 19.4 Å². The first-order valence-electron chi connectivity index (χ1n) is 4.40. The van der Waals surface area contributed by atoms with Crippen molar-refractivity contribution in [1.82, 2.24) is 0 Å². The first-order valence-corrected chi connectivity index (χ1v) is 4.40. The van der Waals surface area contributed by atoms with Crippen LogP contribution in [0, 0.1) is 6.92 Å². The summed E-state index contributed by atoms with van der Waals surface area (Å²) in [5.74, 6) is -1.13. The average Bonchev–Trinajstić information content (AvgIpc) is 2.02. The fraction of sp³-hybridized carbons (Fsp3) is 0.364. The highest BCUT2D eigenvalue weighted by Crippen LogP contribution is 2.29. The second-order valence-electron chi connectivity index (χ2n) is 3.63. The van der Waals surface area contributed by atoms with Crippen LogP contribution in [-0.4, -0.2) is 11.1 Å². The Bertz CT molecular complexity index is 328. The van der Waals surface area contributed by atoms with Crippen molar-refractivity contribution in [2.24, 2.45) is 0 Å². The van der Waals surface area contributed by atoms with Gasteiger partial charge in [0.1, 0.15) is 5.67 Å². The minimum atomic E-state index is -1.79. The van der Waals surface area contributed by atoms with Gasteiger partial charge in [-0.15, -0.1) is 0 Å². The molecule has 0 aliphatic carbocycles. The van der Waals surface area contributed by atoms with E-state index in [4.69, 9.17) is 5.11 Å². The number of carboxylic acid groups (broad SMARTS) is 1. The molecule has 0 saturated carbocycles. The molecule has 0 spiro atoms. The maximum Gasteiger partial charge on any atom is 0.306 e. The number of carbonyl (C=O) groups is 1. The Morgan fingerprint density at radius 1 is 1.43 bits per heavy atom. The van der Waals surface area contributed by atoms with Crippen LogP contribution in [0.2, 0.25) is 0 Å². The Labute approximate surface area is 82.4 Å². The Morgan fingerprint density at radius 3 is 2.36 bits per heavy atom. The number of alkyl halides is 1. The number of hydrogen-bond acceptors (Lipinski definition) is 1. The minimum absolute atomic E-state index is 0.408. The Kier molecular flexibility index (Phi) is 2.89. The van der Waals surface area contributed by atoms with E-state index in [9.17, 15) is 9.18 Å². The van der Waals surface area contributed by atoms with Gasteiger partial charge in [0.25, 0.3) is 0 Å². The third-order valence-electron chi connectivity index (χ3n) is 2.14. The topological polar surface area (TPSA) is 37.3 Å². The molecule has 0 heterocycles. The molecule has 0 fully saturated rings. The second kappa shape index (κ2) is 3.78. The van der Waals surface area contributed by atoms with Gasteiger partial charge in [0.05, 0.1) is 6.42 Å². The standard InChI is InChI=1S/C11H13FO2/c1-8-3-5-9(6-4-8)11(2,12)7-10(13)14/h3-6H,7H2,1-2H3,(H,13,14). The summed E-state index contributed by atoms with van der Waals surface area (Å²) < 4.78 is 13.8. The largest absolute Gasteiger partial charge is 0.481 e. The second-order valence-corrected chi connectivity index (χ2v) is 3.63. The lowest BCUT2D eigenvalue weighted by molar-refractivity contribution is -0.140. The smallest absolute Gasteiger partial charge is 0.306 e. The normalized spacial score (nSPS) is 14.8. The highest BCUT2D eigenvalue weighted by molar-refractivity contribution is 5.68. The van der Waals surface area contributed by atoms with Crippen molar-refractivity contribution in [2.45, 2.75) is 25.9 Å². The molecule has 0 aliphatic rings. The molecule has 0 aliphatic heterocycles. The highest BCUT2D eigenvalue weighted by Gasteiger charge is 2.28. The first kappa shape index (κ1) is 10.7. The predicted molar refractivity (Wildman–Crippen MR) is 51.9 cm³/mol. The van der Waals surface area contributed by atoms with Crippen molar-refractivity contribution in [3.8, 4) is 0 Å². The number of rotatable bonds is 3. The zero-order valence-corrected chi connectivity index (χ0v) is 8.25. The van der Waals surface area contributed by atoms with E-state index in [1.54, 1.807) is 24.3 Å². The summed E-state index contributed by atoms with van der Waals surface area (Å²) in [5, 5.41) is 8.53. The van der Waals surface area contributed by atoms with Crippen LogP contribution < -0.4 is 0 Å². The molecule has 0 amide bonds. The molecule has 3 heteroatoms. The van der Waals surface area contributed by atoms with Gasteiger partial charge in [-0.1, -0.05) is 29.8 Å². The zero-order chi connectivity index (χ0) is 10.8. The van der Waals surface area contributed by atoms with Crippen LogP contribution in [0.15, 0.2) is 24.3 Å². The van der Waals surface area contributed by atoms with Gasteiger partial charge < -0.3 is 5.11 Å². The lowest BCUT2D eigenvalue weighted by Crippen LogP contribution is -2.19. The van der Waals surface area contributed by atoms with E-state index in [1.807, 2.05) is 6.92 Å². The fourth-order valence-electron chi connectivity index (χ4n) is 1.29. The summed E-state index contributed by atoms with van der Waals surface area (Å²) in [6.07, 6.45) is -0.504. The average molecular weight is 196 g/mol. The Morgan fingerprint density at radius 2 is 1.93 bits per heavy atom. The number of aryl methyl sites for hydroxylation is 1. The molecule has 1 aromatic carbocycles. The van der Waals surface area contributed by atoms with E-state index in [1.165, 1.54) is 6.92 Å². The molecule has 1 atom stereocenters. The van der Waals surface area contributed by atoms with Crippen molar-refractivity contribution in [2.75, 3.05) is 0 Å². The van der Waals surface area contributed by atoms with E-state index >= 15 is 0 Å². The van der Waals surface area contributed by atoms with E-state index in [-0.39, 0.29) is 0 Å². The van der Waals surface area contributed by atoms with Gasteiger partial charge in [-0.25, -0.2) is 4.39 Å². The summed E-state index contributed by atoms with van der Waals surface area (Å²) in [6, 6.07) is 6.79. The summed E-state index contributed by atoms with van der Waals surface area (Å²) >= 11 is 0. The van der Waals surface area contributed by atoms with E-state index in [0.717, 1.165) is 5.56 Å². The van der Waals surface area contributed by atoms with Gasteiger partial charge in [0.2, 0.25) is 0 Å². The summed E-state index contributed by atoms with van der Waals surface area (Å²) in [6.45, 7) is 3.18. The number of hydrogen-bond donors (Lipinski definition) is 1. The van der Waals surface area contributed by atoms with Crippen LogP contribution >= 0.6 is 0 Å². The van der Waals surface area contributed by atoms with Crippen molar-refractivity contribution in [3.63, 3.8) is 0 Å². The highest BCUT2D eigenvalue weighted by atomic mass is 19.1. The van der Waals surface area contributed by atoms with Gasteiger partial charge in [0.15, 0.2) is 0 Å². The molecule has 76 valence electrons. The molecule has 1 unspecified atom stereocenters. The van der Waals surface area contributed by atoms with Crippen LogP contribution in [0.25, 0.3) is 0 Å². The molecule has 1 N–H and O–H groups in total. The maximum atomic E-state index is 13.8. The van der Waals surface area contributed by atoms with Crippen LogP contribution in [0.4, 0.5) is 4.39 Å². The minimum Gasteiger partial charge on any atom is -0.481 e. The first-order chi connectivity index (χ1) is 6.42. The molecule has 0 saturated heterocycles. The van der Waals surface area contributed by atoms with Crippen LogP contribution in [0.1, 0.15) is 24.5 Å². The van der Waals surface area contributed by atoms with Gasteiger partial charge >= 0.3 is 5.97 Å². The van der Waals surface area contributed by atoms with Crippen molar-refractivity contribution in [3.05, 3.63) is 35.4 Å². The van der Waals surface area contributed by atoms with E-state index < -0.39 is 18.1 Å². The monoisotopic (exact) mass is 196 g/mol. The Balaban J connectivity index is 2.91. The summed E-state index contributed by atoms with van der Waals surface area (Å²) in [7, 11) is 0. The fourth-order valence-corrected chi connectivity index (χ4v) is 1.29. The third kappa shape index (κ3) is 2.55. The number of aliphatic carboxylic acids is 1. The molecule has 0 aromatic heterocycles. The van der Waals surface area contributed by atoms with Gasteiger partial charge in [-0.3, -0.25) is 4.79 Å². The molecule has 2 nitrogen and oxygen atoms in total. The predicted octanol–water partition coefficient (Wildman–Crippen LogP) is 2.65. The summed E-state index contributed by atoms with van der Waals surface area (Å²) in [5.41, 5.74) is -0.357. The quantitative estimate of drug-likeness (QED) is 0.806. The lowest BCUT2D eigenvalue weighted by Gasteiger charge is -2.18. The summed E-state index contributed by atoms with van der Waals surface area (Å²) in [4.78, 5) is 10.4. The molecular weight excluding hydrogens is 183 g/mol. The van der Waals surface area contributed by atoms with Crippen molar-refractivity contribution in [1.29, 1.82) is 0 Å². The zero-order valence-electron chi connectivity index (χ0n) is 8.25. The van der Waals surface area contributed by atoms with Crippen LogP contribution in [-0.2, 0) is 10.5 Å². The van der Waals surface area contributed by atoms with Crippen LogP contribution in [0.5, 0.6) is 0 Å². The Hall–Kier alpha value is -1.38. The van der Waals surface area contributed by atoms with E-state index in [0.29, 0.717) is 5.56 Å². The molecular formula is C11H13FO2. The number of carboxylic acids is 1. The van der Waals surface area contributed by atoms with Gasteiger partial charge in [0, 0.05) is 0 Å². The molecule has 1 rings (SSSR count). The lowest BCUT2D eigenvalue weighted by atomic mass is 9.94. The van der Waals surface area contributed by atoms with Crippen molar-refractivity contribution < 1.29 is 14.3 Å². The molecule has 1 aromatic rings. The van der Waals surface area contributed by atoms with Crippen molar-refractivity contribution >= 4 is 5.97 Å². The number of halogens is 1.